The first kappa shape index (κ1) is 10.9. The van der Waals surface area contributed by atoms with Gasteiger partial charge in [-0.2, -0.15) is 0 Å². The van der Waals surface area contributed by atoms with Crippen LogP contribution in [0, 0.1) is 11.8 Å². The zero-order valence-electron chi connectivity index (χ0n) is 9.15. The molecular weight excluding hydrogens is 192 g/mol. The Labute approximate surface area is 90.8 Å². The van der Waals surface area contributed by atoms with E-state index in [9.17, 15) is 4.79 Å². The Balaban J connectivity index is 1.93. The molecule has 0 aromatic heterocycles. The lowest BCUT2D eigenvalue weighted by atomic mass is 9.94. The number of rotatable bonds is 2. The van der Waals surface area contributed by atoms with Crippen LogP contribution in [0.15, 0.2) is 0 Å². The molecule has 2 aliphatic rings. The highest BCUT2D eigenvalue weighted by Crippen LogP contribution is 2.32. The number of carbonyl (C=O) groups is 1. The van der Waals surface area contributed by atoms with Crippen LogP contribution in [0.1, 0.15) is 19.3 Å². The minimum absolute atomic E-state index is 0.188. The van der Waals surface area contributed by atoms with Crippen LogP contribution in [0.25, 0.3) is 0 Å². The fourth-order valence-electron chi connectivity index (χ4n) is 2.66. The Kier molecular flexibility index (Phi) is 3.59. The van der Waals surface area contributed by atoms with Crippen LogP contribution in [-0.4, -0.2) is 43.7 Å². The quantitative estimate of drug-likeness (QED) is 0.712. The number of hydrogen-bond acceptors (Lipinski definition) is 3. The smallest absolute Gasteiger partial charge is 0.226 e. The van der Waals surface area contributed by atoms with Crippen molar-refractivity contribution in [2.24, 2.45) is 17.6 Å². The Hall–Kier alpha value is -0.610. The molecule has 2 rings (SSSR count). The van der Waals surface area contributed by atoms with E-state index in [2.05, 4.69) is 0 Å². The van der Waals surface area contributed by atoms with Crippen molar-refractivity contribution < 1.29 is 9.53 Å². The standard InChI is InChI=1S/C11H20N2O2/c12-8-9-2-1-3-10(9)11(14)13-4-6-15-7-5-13/h9-10H,1-8,12H2/t9-,10-/m1/s1. The minimum Gasteiger partial charge on any atom is -0.378 e. The minimum atomic E-state index is 0.188. The first-order valence-electron chi connectivity index (χ1n) is 5.89. The van der Waals surface area contributed by atoms with E-state index in [-0.39, 0.29) is 5.92 Å². The Morgan fingerprint density at radius 1 is 1.33 bits per heavy atom. The van der Waals surface area contributed by atoms with Gasteiger partial charge in [-0.3, -0.25) is 4.79 Å². The van der Waals surface area contributed by atoms with Crippen LogP contribution < -0.4 is 5.73 Å². The van der Waals surface area contributed by atoms with Gasteiger partial charge in [-0.15, -0.1) is 0 Å². The van der Waals surface area contributed by atoms with Crippen LogP contribution in [0.3, 0.4) is 0 Å². The van der Waals surface area contributed by atoms with Gasteiger partial charge in [0.25, 0.3) is 0 Å². The van der Waals surface area contributed by atoms with Crippen LogP contribution in [0.2, 0.25) is 0 Å². The third kappa shape index (κ3) is 2.32. The molecule has 86 valence electrons. The molecule has 0 aromatic carbocycles. The maximum atomic E-state index is 12.2. The molecule has 0 unspecified atom stereocenters. The van der Waals surface area contributed by atoms with E-state index in [0.29, 0.717) is 31.6 Å². The van der Waals surface area contributed by atoms with Gasteiger partial charge >= 0.3 is 0 Å². The largest absolute Gasteiger partial charge is 0.378 e. The van der Waals surface area contributed by atoms with Crippen molar-refractivity contribution in [2.75, 3.05) is 32.8 Å². The molecule has 1 heterocycles. The monoisotopic (exact) mass is 212 g/mol. The lowest BCUT2D eigenvalue weighted by molar-refractivity contribution is -0.140. The van der Waals surface area contributed by atoms with Gasteiger partial charge < -0.3 is 15.4 Å². The predicted octanol–water partition coefficient (Wildman–Crippen LogP) is 0.220. The van der Waals surface area contributed by atoms with Crippen molar-refractivity contribution in [1.82, 2.24) is 4.90 Å². The first-order chi connectivity index (χ1) is 7.33. The van der Waals surface area contributed by atoms with Crippen molar-refractivity contribution in [1.29, 1.82) is 0 Å². The highest BCUT2D eigenvalue weighted by atomic mass is 16.5. The molecule has 4 heteroatoms. The third-order valence-corrected chi connectivity index (χ3v) is 3.60. The summed E-state index contributed by atoms with van der Waals surface area (Å²) < 4.78 is 5.25. The summed E-state index contributed by atoms with van der Waals surface area (Å²) in [6.45, 7) is 3.54. The van der Waals surface area contributed by atoms with Gasteiger partial charge in [0, 0.05) is 19.0 Å². The first-order valence-corrected chi connectivity index (χ1v) is 5.89. The fourth-order valence-corrected chi connectivity index (χ4v) is 2.66. The second kappa shape index (κ2) is 4.94. The number of nitrogens with two attached hydrogens (primary N) is 1. The van der Waals surface area contributed by atoms with Gasteiger partial charge in [0.2, 0.25) is 5.91 Å². The van der Waals surface area contributed by atoms with Gasteiger partial charge in [0.15, 0.2) is 0 Å². The highest BCUT2D eigenvalue weighted by molar-refractivity contribution is 5.79. The van der Waals surface area contributed by atoms with Crippen molar-refractivity contribution in [3.8, 4) is 0 Å². The van der Waals surface area contributed by atoms with Gasteiger partial charge in [-0.25, -0.2) is 0 Å². The SMILES string of the molecule is NC[C@H]1CCC[C@H]1C(=O)N1CCOCC1. The summed E-state index contributed by atoms with van der Waals surface area (Å²) in [6, 6.07) is 0. The average Bonchev–Trinajstić information content (AvgIpc) is 2.77. The Morgan fingerprint density at radius 3 is 2.73 bits per heavy atom. The van der Waals surface area contributed by atoms with Crippen molar-refractivity contribution in [3.63, 3.8) is 0 Å². The molecule has 2 atom stereocenters. The summed E-state index contributed by atoms with van der Waals surface area (Å²) >= 11 is 0. The van der Waals surface area contributed by atoms with E-state index in [1.807, 2.05) is 4.90 Å². The molecule has 1 aliphatic carbocycles. The summed E-state index contributed by atoms with van der Waals surface area (Å²) in [6.07, 6.45) is 3.30. The lowest BCUT2D eigenvalue weighted by Gasteiger charge is -2.30. The molecule has 0 bridgehead atoms. The van der Waals surface area contributed by atoms with E-state index in [1.54, 1.807) is 0 Å². The van der Waals surface area contributed by atoms with Crippen molar-refractivity contribution >= 4 is 5.91 Å². The molecular formula is C11H20N2O2. The highest BCUT2D eigenvalue weighted by Gasteiger charge is 2.34. The Bertz CT molecular complexity index is 227. The molecule has 1 aliphatic heterocycles. The normalized spacial score (nSPS) is 31.9. The summed E-state index contributed by atoms with van der Waals surface area (Å²) in [5.41, 5.74) is 5.70. The summed E-state index contributed by atoms with van der Waals surface area (Å²) in [5.74, 6) is 0.916. The molecule has 1 amide bonds. The number of hydrogen-bond donors (Lipinski definition) is 1. The second-order valence-corrected chi connectivity index (χ2v) is 4.47. The van der Waals surface area contributed by atoms with Gasteiger partial charge in [0.1, 0.15) is 0 Å². The predicted molar refractivity (Wildman–Crippen MR) is 57.3 cm³/mol. The van der Waals surface area contributed by atoms with Crippen LogP contribution in [0.5, 0.6) is 0 Å². The van der Waals surface area contributed by atoms with Gasteiger partial charge in [0.05, 0.1) is 13.2 Å². The molecule has 0 radical (unpaired) electrons. The number of amides is 1. The third-order valence-electron chi connectivity index (χ3n) is 3.60. The maximum Gasteiger partial charge on any atom is 0.226 e. The Morgan fingerprint density at radius 2 is 2.07 bits per heavy atom. The second-order valence-electron chi connectivity index (χ2n) is 4.47. The number of ether oxygens (including phenoxy) is 1. The molecule has 0 aromatic rings. The zero-order chi connectivity index (χ0) is 10.7. The molecule has 15 heavy (non-hydrogen) atoms. The zero-order valence-corrected chi connectivity index (χ0v) is 9.15. The molecule has 2 fully saturated rings. The van der Waals surface area contributed by atoms with Crippen LogP contribution in [0.4, 0.5) is 0 Å². The van der Waals surface area contributed by atoms with Crippen molar-refractivity contribution in [3.05, 3.63) is 0 Å². The number of carbonyl (C=O) groups excluding carboxylic acids is 1. The maximum absolute atomic E-state index is 12.2. The molecule has 2 N–H and O–H groups in total. The molecule has 1 saturated carbocycles. The molecule has 4 nitrogen and oxygen atoms in total. The lowest BCUT2D eigenvalue weighted by Crippen LogP contribution is -2.45. The number of nitrogens with zero attached hydrogens (tertiary/aromatic N) is 1. The van der Waals surface area contributed by atoms with Gasteiger partial charge in [-0.05, 0) is 25.3 Å². The summed E-state index contributed by atoms with van der Waals surface area (Å²) in [7, 11) is 0. The van der Waals surface area contributed by atoms with Crippen LogP contribution >= 0.6 is 0 Å². The van der Waals surface area contributed by atoms with Gasteiger partial charge in [-0.1, -0.05) is 6.42 Å². The summed E-state index contributed by atoms with van der Waals surface area (Å²) in [4.78, 5) is 14.1. The van der Waals surface area contributed by atoms with E-state index in [0.717, 1.165) is 32.4 Å². The average molecular weight is 212 g/mol. The fraction of sp³-hybridized carbons (Fsp3) is 0.909. The number of morpholine rings is 1. The van der Waals surface area contributed by atoms with Crippen LogP contribution in [-0.2, 0) is 9.53 Å². The molecule has 0 spiro atoms. The van der Waals surface area contributed by atoms with E-state index in [1.165, 1.54) is 0 Å². The van der Waals surface area contributed by atoms with E-state index in [4.69, 9.17) is 10.5 Å². The molecule has 1 saturated heterocycles. The van der Waals surface area contributed by atoms with E-state index < -0.39 is 0 Å². The van der Waals surface area contributed by atoms with Crippen molar-refractivity contribution in [2.45, 2.75) is 19.3 Å². The topological polar surface area (TPSA) is 55.6 Å². The summed E-state index contributed by atoms with van der Waals surface area (Å²) in [5, 5.41) is 0. The van der Waals surface area contributed by atoms with E-state index >= 15 is 0 Å².